The van der Waals surface area contributed by atoms with Gasteiger partial charge in [-0.1, -0.05) is 12.1 Å². The quantitative estimate of drug-likeness (QED) is 0.288. The van der Waals surface area contributed by atoms with E-state index in [9.17, 15) is 4.79 Å². The van der Waals surface area contributed by atoms with Crippen LogP contribution in [0, 0.1) is 0 Å². The van der Waals surface area contributed by atoms with Crippen LogP contribution in [0.3, 0.4) is 0 Å². The molecular formula is C24H36IN5OS. The minimum Gasteiger partial charge on any atom is -0.357 e. The molecule has 0 radical (unpaired) electrons. The van der Waals surface area contributed by atoms with Gasteiger partial charge >= 0.3 is 0 Å². The molecule has 1 aromatic heterocycles. The number of piperidine rings is 1. The molecule has 2 N–H and O–H groups in total. The highest BCUT2D eigenvalue weighted by Gasteiger charge is 2.20. The number of rotatable bonds is 8. The first-order chi connectivity index (χ1) is 15.0. The third-order valence-electron chi connectivity index (χ3n) is 5.51. The lowest BCUT2D eigenvalue weighted by Gasteiger charge is -2.33. The van der Waals surface area contributed by atoms with Crippen molar-refractivity contribution < 1.29 is 4.79 Å². The normalized spacial score (nSPS) is 15.2. The number of hydrogen-bond donors (Lipinski definition) is 2. The highest BCUT2D eigenvalue weighted by Crippen LogP contribution is 2.15. The van der Waals surface area contributed by atoms with Crippen LogP contribution in [0.5, 0.6) is 0 Å². The average molecular weight is 570 g/mol. The molecule has 1 aliphatic rings. The van der Waals surface area contributed by atoms with Crippen LogP contribution in [0.25, 0.3) is 0 Å². The summed E-state index contributed by atoms with van der Waals surface area (Å²) in [4.78, 5) is 21.1. The summed E-state index contributed by atoms with van der Waals surface area (Å²) < 4.78 is 0. The van der Waals surface area contributed by atoms with E-state index in [0.717, 1.165) is 62.5 Å². The van der Waals surface area contributed by atoms with Crippen LogP contribution in [-0.4, -0.2) is 68.0 Å². The summed E-state index contributed by atoms with van der Waals surface area (Å²) in [5.74, 6) is 0.921. The molecule has 1 aliphatic heterocycles. The maximum atomic E-state index is 12.2. The maximum Gasteiger partial charge on any atom is 0.253 e. The van der Waals surface area contributed by atoms with E-state index in [0.29, 0.717) is 12.6 Å². The van der Waals surface area contributed by atoms with Crippen molar-refractivity contribution in [3.63, 3.8) is 0 Å². The molecule has 6 nitrogen and oxygen atoms in total. The van der Waals surface area contributed by atoms with Crippen molar-refractivity contribution in [1.82, 2.24) is 20.4 Å². The zero-order chi connectivity index (χ0) is 22.1. The lowest BCUT2D eigenvalue weighted by Crippen LogP contribution is -2.48. The van der Waals surface area contributed by atoms with Crippen molar-refractivity contribution in [1.29, 1.82) is 0 Å². The molecule has 0 aliphatic carbocycles. The van der Waals surface area contributed by atoms with Crippen molar-refractivity contribution in [2.45, 2.75) is 38.8 Å². The van der Waals surface area contributed by atoms with Gasteiger partial charge in [0.05, 0.1) is 0 Å². The van der Waals surface area contributed by atoms with Crippen LogP contribution in [0.4, 0.5) is 0 Å². The lowest BCUT2D eigenvalue weighted by molar-refractivity contribution is 0.0827. The summed E-state index contributed by atoms with van der Waals surface area (Å²) in [5.41, 5.74) is 3.28. The Labute approximate surface area is 213 Å². The van der Waals surface area contributed by atoms with Crippen LogP contribution < -0.4 is 10.6 Å². The summed E-state index contributed by atoms with van der Waals surface area (Å²) in [6, 6.07) is 10.5. The number of guanidine groups is 1. The second-order valence-corrected chi connectivity index (χ2v) is 9.02. The van der Waals surface area contributed by atoms with Crippen LogP contribution in [0.1, 0.15) is 41.3 Å². The predicted octanol–water partition coefficient (Wildman–Crippen LogP) is 3.83. The summed E-state index contributed by atoms with van der Waals surface area (Å²) in [7, 11) is 3.56. The number of nitrogens with zero attached hydrogens (tertiary/aromatic N) is 3. The molecule has 2 heterocycles. The Morgan fingerprint density at radius 2 is 2.00 bits per heavy atom. The molecule has 0 unspecified atom stereocenters. The summed E-state index contributed by atoms with van der Waals surface area (Å²) in [6.45, 7) is 6.90. The summed E-state index contributed by atoms with van der Waals surface area (Å²) in [5, 5.41) is 11.4. The molecular weight excluding hydrogens is 533 g/mol. The first-order valence-corrected chi connectivity index (χ1v) is 12.1. The van der Waals surface area contributed by atoms with Gasteiger partial charge in [0.2, 0.25) is 0 Å². The minimum absolute atomic E-state index is 0. The number of benzene rings is 1. The molecule has 176 valence electrons. The van der Waals surface area contributed by atoms with Gasteiger partial charge in [0, 0.05) is 58.4 Å². The molecule has 0 atom stereocenters. The van der Waals surface area contributed by atoms with E-state index in [1.807, 2.05) is 18.2 Å². The number of nitrogens with one attached hydrogen (secondary N) is 2. The van der Waals surface area contributed by atoms with Crippen molar-refractivity contribution in [3.8, 4) is 0 Å². The fraction of sp³-hybridized carbons (Fsp3) is 0.500. The third-order valence-corrected chi connectivity index (χ3v) is 6.24. The van der Waals surface area contributed by atoms with Crippen molar-refractivity contribution >= 4 is 47.2 Å². The number of likely N-dealkylation sites (tertiary alicyclic amines) is 1. The largest absolute Gasteiger partial charge is 0.357 e. The van der Waals surface area contributed by atoms with Crippen molar-refractivity contribution in [3.05, 3.63) is 57.8 Å². The number of carbonyl (C=O) groups is 1. The molecule has 1 saturated heterocycles. The van der Waals surface area contributed by atoms with Crippen molar-refractivity contribution in [2.24, 2.45) is 4.99 Å². The van der Waals surface area contributed by atoms with E-state index >= 15 is 0 Å². The number of amides is 1. The maximum absolute atomic E-state index is 12.2. The van der Waals surface area contributed by atoms with Crippen LogP contribution >= 0.6 is 35.3 Å². The third kappa shape index (κ3) is 8.37. The molecule has 3 rings (SSSR count). The van der Waals surface area contributed by atoms with E-state index in [1.54, 1.807) is 30.3 Å². The highest BCUT2D eigenvalue weighted by molar-refractivity contribution is 14.0. The predicted molar refractivity (Wildman–Crippen MR) is 145 cm³/mol. The minimum atomic E-state index is 0. The van der Waals surface area contributed by atoms with E-state index in [4.69, 9.17) is 4.99 Å². The van der Waals surface area contributed by atoms with Gasteiger partial charge in [0.25, 0.3) is 5.91 Å². The fourth-order valence-corrected chi connectivity index (χ4v) is 4.46. The SMILES string of the molecule is CCNC(=NCCc1cccc(C(=O)N(C)C)c1)NC1CCN(Cc2ccsc2)CC1.I. The standard InChI is InChI=1S/C24H35N5OS.HI/c1-4-25-24(26-12-8-19-6-5-7-21(16-19)23(30)28(2)3)27-22-9-13-29(14-10-22)17-20-11-15-31-18-20;/h5-7,11,15-16,18,22H,4,8-10,12-14,17H2,1-3H3,(H2,25,26,27);1H. The Balaban J connectivity index is 0.00000363. The number of thiophene rings is 1. The molecule has 0 bridgehead atoms. The molecule has 1 amide bonds. The topological polar surface area (TPSA) is 60.0 Å². The average Bonchev–Trinajstić information content (AvgIpc) is 3.28. The number of halogens is 1. The molecule has 1 aromatic carbocycles. The van der Waals surface area contributed by atoms with Gasteiger partial charge in [-0.05, 0) is 66.3 Å². The van der Waals surface area contributed by atoms with E-state index in [2.05, 4.69) is 45.4 Å². The Morgan fingerprint density at radius 3 is 2.66 bits per heavy atom. The summed E-state index contributed by atoms with van der Waals surface area (Å²) in [6.07, 6.45) is 3.07. The van der Waals surface area contributed by atoms with Gasteiger partial charge in [-0.15, -0.1) is 24.0 Å². The molecule has 2 aromatic rings. The van der Waals surface area contributed by atoms with Gasteiger partial charge in [-0.25, -0.2) is 0 Å². The number of hydrogen-bond acceptors (Lipinski definition) is 4. The van der Waals surface area contributed by atoms with Crippen LogP contribution in [0.2, 0.25) is 0 Å². The second-order valence-electron chi connectivity index (χ2n) is 8.24. The van der Waals surface area contributed by atoms with Gasteiger partial charge in [-0.2, -0.15) is 11.3 Å². The molecule has 8 heteroatoms. The van der Waals surface area contributed by atoms with Gasteiger partial charge in [0.15, 0.2) is 5.96 Å². The monoisotopic (exact) mass is 569 g/mol. The smallest absolute Gasteiger partial charge is 0.253 e. The Hall–Kier alpha value is -1.65. The number of carbonyl (C=O) groups excluding carboxylic acids is 1. The first-order valence-electron chi connectivity index (χ1n) is 11.1. The second kappa shape index (κ2) is 13.8. The molecule has 0 saturated carbocycles. The zero-order valence-electron chi connectivity index (χ0n) is 19.3. The fourth-order valence-electron chi connectivity index (χ4n) is 3.80. The lowest BCUT2D eigenvalue weighted by atomic mass is 10.0. The number of aliphatic imine (C=N–C) groups is 1. The van der Waals surface area contributed by atoms with Crippen LogP contribution in [0.15, 0.2) is 46.1 Å². The van der Waals surface area contributed by atoms with Gasteiger partial charge in [0.1, 0.15) is 0 Å². The molecule has 32 heavy (non-hydrogen) atoms. The van der Waals surface area contributed by atoms with Gasteiger partial charge < -0.3 is 15.5 Å². The van der Waals surface area contributed by atoms with E-state index in [1.165, 1.54) is 5.56 Å². The van der Waals surface area contributed by atoms with Crippen molar-refractivity contribution in [2.75, 3.05) is 40.3 Å². The Morgan fingerprint density at radius 1 is 1.22 bits per heavy atom. The molecule has 0 spiro atoms. The molecule has 1 fully saturated rings. The van der Waals surface area contributed by atoms with E-state index in [-0.39, 0.29) is 29.9 Å². The Bertz CT molecular complexity index is 848. The first kappa shape index (κ1) is 26.6. The van der Waals surface area contributed by atoms with Crippen LogP contribution in [-0.2, 0) is 13.0 Å². The highest BCUT2D eigenvalue weighted by atomic mass is 127. The zero-order valence-corrected chi connectivity index (χ0v) is 22.5. The summed E-state index contributed by atoms with van der Waals surface area (Å²) >= 11 is 1.77. The van der Waals surface area contributed by atoms with E-state index < -0.39 is 0 Å². The van der Waals surface area contributed by atoms with Gasteiger partial charge in [-0.3, -0.25) is 14.7 Å². The Kier molecular flexibility index (Phi) is 11.5.